The molecule has 1 aliphatic carbocycles. The molecule has 1 fully saturated rings. The van der Waals surface area contributed by atoms with Crippen LogP contribution in [0.3, 0.4) is 0 Å². The van der Waals surface area contributed by atoms with Gasteiger partial charge in [-0.05, 0) is 51.4 Å². The zero-order valence-corrected chi connectivity index (χ0v) is 16.8. The Bertz CT molecular complexity index is 365. The fourth-order valence-corrected chi connectivity index (χ4v) is 3.20. The summed E-state index contributed by atoms with van der Waals surface area (Å²) in [4.78, 5) is 23.8. The van der Waals surface area contributed by atoms with Crippen LogP contribution in [0.5, 0.6) is 0 Å². The SMILES string of the molecule is CCCC(CC)OC(=O)OC1CCC(OC(=O)OC(CC)CCC)CC1. The number of hydrogen-bond acceptors (Lipinski definition) is 6. The molecule has 0 bridgehead atoms. The van der Waals surface area contributed by atoms with Gasteiger partial charge >= 0.3 is 12.3 Å². The van der Waals surface area contributed by atoms with Gasteiger partial charge in [0.1, 0.15) is 24.4 Å². The van der Waals surface area contributed by atoms with E-state index < -0.39 is 12.3 Å². The van der Waals surface area contributed by atoms with Crippen molar-refractivity contribution in [2.45, 2.75) is 116 Å². The predicted octanol–water partition coefficient (Wildman–Crippen LogP) is 5.76. The van der Waals surface area contributed by atoms with E-state index in [-0.39, 0.29) is 24.4 Å². The molecule has 0 aromatic carbocycles. The van der Waals surface area contributed by atoms with E-state index >= 15 is 0 Å². The van der Waals surface area contributed by atoms with Crippen LogP contribution >= 0.6 is 0 Å². The first kappa shape index (κ1) is 22.6. The van der Waals surface area contributed by atoms with E-state index in [1.165, 1.54) is 0 Å². The topological polar surface area (TPSA) is 71.1 Å². The van der Waals surface area contributed by atoms with Gasteiger partial charge in [-0.25, -0.2) is 9.59 Å². The lowest BCUT2D eigenvalue weighted by molar-refractivity contribution is -0.0444. The summed E-state index contributed by atoms with van der Waals surface area (Å²) >= 11 is 0. The highest BCUT2D eigenvalue weighted by atomic mass is 16.7. The first-order chi connectivity index (χ1) is 12.5. The molecule has 0 aliphatic heterocycles. The third-order valence-electron chi connectivity index (χ3n) is 4.80. The smallest absolute Gasteiger partial charge is 0.431 e. The monoisotopic (exact) mass is 372 g/mol. The Labute approximate surface area is 157 Å². The van der Waals surface area contributed by atoms with Crippen molar-refractivity contribution in [3.8, 4) is 0 Å². The van der Waals surface area contributed by atoms with Gasteiger partial charge in [0.05, 0.1) is 0 Å². The van der Waals surface area contributed by atoms with E-state index in [4.69, 9.17) is 18.9 Å². The molecule has 0 radical (unpaired) electrons. The molecule has 0 heterocycles. The third kappa shape index (κ3) is 8.77. The van der Waals surface area contributed by atoms with E-state index in [2.05, 4.69) is 13.8 Å². The minimum Gasteiger partial charge on any atom is -0.431 e. The van der Waals surface area contributed by atoms with E-state index in [0.717, 1.165) is 38.5 Å². The Morgan fingerprint density at radius 1 is 0.731 bits per heavy atom. The lowest BCUT2D eigenvalue weighted by Gasteiger charge is -2.28. The number of rotatable bonds is 10. The molecule has 152 valence electrons. The minimum absolute atomic E-state index is 0.0726. The van der Waals surface area contributed by atoms with Crippen LogP contribution < -0.4 is 0 Å². The second-order valence-electron chi connectivity index (χ2n) is 7.01. The van der Waals surface area contributed by atoms with Crippen LogP contribution in [-0.4, -0.2) is 36.7 Å². The van der Waals surface area contributed by atoms with Crippen LogP contribution in [0.15, 0.2) is 0 Å². The average Bonchev–Trinajstić information content (AvgIpc) is 2.62. The Hall–Kier alpha value is -1.46. The summed E-state index contributed by atoms with van der Waals surface area (Å²) in [5.74, 6) is 0. The molecule has 6 nitrogen and oxygen atoms in total. The van der Waals surface area contributed by atoms with Gasteiger partial charge in [0.2, 0.25) is 0 Å². The number of carbonyl (C=O) groups excluding carboxylic acids is 2. The molecule has 1 aliphatic rings. The lowest BCUT2D eigenvalue weighted by atomic mass is 9.95. The summed E-state index contributed by atoms with van der Waals surface area (Å²) < 4.78 is 21.5. The molecule has 0 spiro atoms. The van der Waals surface area contributed by atoms with Crippen LogP contribution in [0, 0.1) is 0 Å². The maximum atomic E-state index is 11.9. The largest absolute Gasteiger partial charge is 0.508 e. The highest BCUT2D eigenvalue weighted by Crippen LogP contribution is 2.25. The van der Waals surface area contributed by atoms with Gasteiger partial charge in [-0.2, -0.15) is 0 Å². The van der Waals surface area contributed by atoms with Crippen LogP contribution in [-0.2, 0) is 18.9 Å². The van der Waals surface area contributed by atoms with Gasteiger partial charge in [-0.1, -0.05) is 40.5 Å². The maximum Gasteiger partial charge on any atom is 0.508 e. The maximum absolute atomic E-state index is 11.9. The quantitative estimate of drug-likeness (QED) is 0.454. The second-order valence-corrected chi connectivity index (χ2v) is 7.01. The standard InChI is InChI=1S/C20H36O6/c1-5-9-15(7-3)23-19(21)25-17-11-13-18(14-12-17)26-20(22)24-16(8-4)10-6-2/h15-18H,5-14H2,1-4H3. The average molecular weight is 373 g/mol. The van der Waals surface area contributed by atoms with Crippen molar-refractivity contribution in [3.63, 3.8) is 0 Å². The molecular formula is C20H36O6. The van der Waals surface area contributed by atoms with Crippen LogP contribution in [0.1, 0.15) is 91.9 Å². The Kier molecular flexibility index (Phi) is 11.1. The summed E-state index contributed by atoms with van der Waals surface area (Å²) in [7, 11) is 0. The predicted molar refractivity (Wildman–Crippen MR) is 99.2 cm³/mol. The molecule has 0 saturated heterocycles. The second kappa shape index (κ2) is 12.8. The van der Waals surface area contributed by atoms with Crippen LogP contribution in [0.2, 0.25) is 0 Å². The third-order valence-corrected chi connectivity index (χ3v) is 4.80. The highest BCUT2D eigenvalue weighted by molar-refractivity contribution is 5.61. The fraction of sp³-hybridized carbons (Fsp3) is 0.900. The van der Waals surface area contributed by atoms with Gasteiger partial charge in [-0.15, -0.1) is 0 Å². The molecule has 1 saturated carbocycles. The summed E-state index contributed by atoms with van der Waals surface area (Å²) in [5, 5.41) is 0. The van der Waals surface area contributed by atoms with Gasteiger partial charge < -0.3 is 18.9 Å². The normalized spacial score (nSPS) is 22.2. The number of carbonyl (C=O) groups is 2. The molecule has 0 N–H and O–H groups in total. The number of hydrogen-bond donors (Lipinski definition) is 0. The van der Waals surface area contributed by atoms with E-state index in [1.54, 1.807) is 0 Å². The molecule has 0 aromatic rings. The van der Waals surface area contributed by atoms with E-state index in [1.807, 2.05) is 13.8 Å². The van der Waals surface area contributed by atoms with Crippen molar-refractivity contribution < 1.29 is 28.5 Å². The molecule has 0 amide bonds. The van der Waals surface area contributed by atoms with Gasteiger partial charge in [0.15, 0.2) is 0 Å². The van der Waals surface area contributed by atoms with Crippen LogP contribution in [0.25, 0.3) is 0 Å². The van der Waals surface area contributed by atoms with Crippen molar-refractivity contribution in [1.29, 1.82) is 0 Å². The Balaban J connectivity index is 2.27. The zero-order chi connectivity index (χ0) is 19.4. The van der Waals surface area contributed by atoms with E-state index in [9.17, 15) is 9.59 Å². The fourth-order valence-electron chi connectivity index (χ4n) is 3.20. The summed E-state index contributed by atoms with van der Waals surface area (Å²) in [6, 6.07) is 0. The zero-order valence-electron chi connectivity index (χ0n) is 16.8. The molecule has 0 aromatic heterocycles. The van der Waals surface area contributed by atoms with E-state index in [0.29, 0.717) is 25.7 Å². The Morgan fingerprint density at radius 2 is 1.08 bits per heavy atom. The van der Waals surface area contributed by atoms with Crippen molar-refractivity contribution in [2.75, 3.05) is 0 Å². The molecule has 2 unspecified atom stereocenters. The summed E-state index contributed by atoms with van der Waals surface area (Å²) in [6.07, 6.45) is 6.28. The van der Waals surface area contributed by atoms with Gasteiger partial charge in [0.25, 0.3) is 0 Å². The van der Waals surface area contributed by atoms with Crippen molar-refractivity contribution in [1.82, 2.24) is 0 Å². The van der Waals surface area contributed by atoms with Crippen molar-refractivity contribution in [3.05, 3.63) is 0 Å². The molecule has 2 atom stereocenters. The first-order valence-electron chi connectivity index (χ1n) is 10.3. The molecule has 1 rings (SSSR count). The van der Waals surface area contributed by atoms with Crippen molar-refractivity contribution >= 4 is 12.3 Å². The summed E-state index contributed by atoms with van der Waals surface area (Å²) in [5.41, 5.74) is 0. The van der Waals surface area contributed by atoms with Gasteiger partial charge in [0, 0.05) is 0 Å². The number of ether oxygens (including phenoxy) is 4. The molecule has 26 heavy (non-hydrogen) atoms. The van der Waals surface area contributed by atoms with Crippen molar-refractivity contribution in [2.24, 2.45) is 0 Å². The lowest BCUT2D eigenvalue weighted by Crippen LogP contribution is -2.31. The molecule has 6 heteroatoms. The van der Waals surface area contributed by atoms with Gasteiger partial charge in [-0.3, -0.25) is 0 Å². The molecular weight excluding hydrogens is 336 g/mol. The minimum atomic E-state index is -0.584. The Morgan fingerprint density at radius 3 is 1.35 bits per heavy atom. The first-order valence-corrected chi connectivity index (χ1v) is 10.3. The highest BCUT2D eigenvalue weighted by Gasteiger charge is 2.28. The van der Waals surface area contributed by atoms with Crippen LogP contribution in [0.4, 0.5) is 9.59 Å². The summed E-state index contributed by atoms with van der Waals surface area (Å²) in [6.45, 7) is 8.13.